The van der Waals surface area contributed by atoms with Crippen molar-refractivity contribution in [3.8, 4) is 11.4 Å². The molecule has 0 aliphatic carbocycles. The van der Waals surface area contributed by atoms with Crippen molar-refractivity contribution in [1.82, 2.24) is 14.5 Å². The molecule has 1 amide bonds. The zero-order valence-corrected chi connectivity index (χ0v) is 15.9. The summed E-state index contributed by atoms with van der Waals surface area (Å²) in [6.45, 7) is 4.42. The second-order valence-corrected chi connectivity index (χ2v) is 6.94. The average molecular weight is 363 g/mol. The van der Waals surface area contributed by atoms with Crippen LogP contribution in [-0.4, -0.2) is 39.1 Å². The number of benzene rings is 2. The highest BCUT2D eigenvalue weighted by molar-refractivity contribution is 5.95. The van der Waals surface area contributed by atoms with Crippen LogP contribution < -0.4 is 0 Å². The first kappa shape index (κ1) is 18.9. The Morgan fingerprint density at radius 2 is 1.89 bits per heavy atom. The molecule has 3 rings (SSSR count). The van der Waals surface area contributed by atoms with Crippen LogP contribution in [-0.2, 0) is 0 Å². The number of rotatable bonds is 6. The lowest BCUT2D eigenvalue weighted by Gasteiger charge is -2.21. The molecule has 0 aliphatic heterocycles. The maximum absolute atomic E-state index is 12.8. The fourth-order valence-electron chi connectivity index (χ4n) is 3.09. The Kier molecular flexibility index (Phi) is 5.72. The van der Waals surface area contributed by atoms with Gasteiger partial charge in [0.15, 0.2) is 0 Å². The molecule has 1 N–H and O–H groups in total. The molecule has 0 aliphatic rings. The van der Waals surface area contributed by atoms with Gasteiger partial charge in [0.05, 0.1) is 12.6 Å². The van der Waals surface area contributed by atoms with Gasteiger partial charge < -0.3 is 14.6 Å². The molecule has 27 heavy (non-hydrogen) atoms. The Balaban J connectivity index is 1.78. The van der Waals surface area contributed by atoms with Crippen LogP contribution >= 0.6 is 0 Å². The van der Waals surface area contributed by atoms with Crippen molar-refractivity contribution in [2.75, 3.05) is 13.6 Å². The first-order valence-corrected chi connectivity index (χ1v) is 9.09. The molecule has 1 aromatic heterocycles. The molecule has 0 saturated heterocycles. The maximum atomic E-state index is 12.8. The number of amides is 1. The van der Waals surface area contributed by atoms with E-state index in [2.05, 4.69) is 23.4 Å². The molecule has 5 nitrogen and oxygen atoms in total. The van der Waals surface area contributed by atoms with Crippen molar-refractivity contribution in [3.05, 3.63) is 78.1 Å². The molecule has 0 fully saturated rings. The SMILES string of the molecule is CC(C)n1ccnc1-c1cccc(C(=O)N(C)CC(O)c2ccccc2)c1. The average Bonchev–Trinajstić information content (AvgIpc) is 3.18. The van der Waals surface area contributed by atoms with Crippen molar-refractivity contribution in [3.63, 3.8) is 0 Å². The predicted molar refractivity (Wildman–Crippen MR) is 106 cm³/mol. The van der Waals surface area contributed by atoms with E-state index in [9.17, 15) is 9.90 Å². The Labute approximate surface area is 159 Å². The number of hydrogen-bond donors (Lipinski definition) is 1. The summed E-state index contributed by atoms with van der Waals surface area (Å²) in [7, 11) is 1.70. The fourth-order valence-corrected chi connectivity index (χ4v) is 3.09. The summed E-state index contributed by atoms with van der Waals surface area (Å²) in [6.07, 6.45) is 2.99. The van der Waals surface area contributed by atoms with Crippen molar-refractivity contribution in [1.29, 1.82) is 0 Å². The van der Waals surface area contributed by atoms with E-state index in [0.29, 0.717) is 5.56 Å². The van der Waals surface area contributed by atoms with Gasteiger partial charge in [-0.15, -0.1) is 0 Å². The molecule has 1 atom stereocenters. The highest BCUT2D eigenvalue weighted by Crippen LogP contribution is 2.23. The van der Waals surface area contributed by atoms with E-state index in [1.54, 1.807) is 24.2 Å². The van der Waals surface area contributed by atoms with Gasteiger partial charge in [0.25, 0.3) is 5.91 Å². The van der Waals surface area contributed by atoms with Gasteiger partial charge in [0.1, 0.15) is 5.82 Å². The minimum Gasteiger partial charge on any atom is -0.387 e. The van der Waals surface area contributed by atoms with Gasteiger partial charge in [0.2, 0.25) is 0 Å². The van der Waals surface area contributed by atoms with Crippen LogP contribution in [0.3, 0.4) is 0 Å². The summed E-state index contributed by atoms with van der Waals surface area (Å²) in [5.74, 6) is 0.709. The molecular formula is C22H25N3O2. The van der Waals surface area contributed by atoms with Crippen LogP contribution in [0, 0.1) is 0 Å². The van der Waals surface area contributed by atoms with Crippen LogP contribution in [0.15, 0.2) is 67.0 Å². The molecular weight excluding hydrogens is 338 g/mol. The molecule has 0 bridgehead atoms. The molecule has 0 saturated carbocycles. The van der Waals surface area contributed by atoms with E-state index >= 15 is 0 Å². The van der Waals surface area contributed by atoms with E-state index in [-0.39, 0.29) is 18.5 Å². The van der Waals surface area contributed by atoms with E-state index < -0.39 is 6.10 Å². The molecule has 5 heteroatoms. The Morgan fingerprint density at radius 3 is 2.59 bits per heavy atom. The third-order valence-electron chi connectivity index (χ3n) is 4.57. The van der Waals surface area contributed by atoms with E-state index in [0.717, 1.165) is 17.0 Å². The van der Waals surface area contributed by atoms with Gasteiger partial charge in [-0.3, -0.25) is 4.79 Å². The standard InChI is InChI=1S/C22H25N3O2/c1-16(2)25-13-12-23-21(25)18-10-7-11-19(14-18)22(27)24(3)15-20(26)17-8-5-4-6-9-17/h4-14,16,20,26H,15H2,1-3H3. The van der Waals surface area contributed by atoms with Crippen LogP contribution in [0.4, 0.5) is 0 Å². The first-order valence-electron chi connectivity index (χ1n) is 9.09. The minimum absolute atomic E-state index is 0.130. The van der Waals surface area contributed by atoms with Crippen LogP contribution in [0.25, 0.3) is 11.4 Å². The van der Waals surface area contributed by atoms with Crippen molar-refractivity contribution < 1.29 is 9.90 Å². The van der Waals surface area contributed by atoms with Crippen LogP contribution in [0.2, 0.25) is 0 Å². The van der Waals surface area contributed by atoms with Gasteiger partial charge in [-0.1, -0.05) is 42.5 Å². The molecule has 3 aromatic rings. The van der Waals surface area contributed by atoms with Gasteiger partial charge in [-0.05, 0) is 31.5 Å². The number of aliphatic hydroxyl groups is 1. The summed E-state index contributed by atoms with van der Waals surface area (Å²) in [6, 6.07) is 17.1. The predicted octanol–water partition coefficient (Wildman–Crippen LogP) is 3.94. The molecule has 140 valence electrons. The van der Waals surface area contributed by atoms with Crippen LogP contribution in [0.5, 0.6) is 0 Å². The summed E-state index contributed by atoms with van der Waals surface area (Å²) in [5, 5.41) is 10.4. The zero-order chi connectivity index (χ0) is 19.4. The highest BCUT2D eigenvalue weighted by Gasteiger charge is 2.18. The first-order chi connectivity index (χ1) is 13.0. The number of aromatic nitrogens is 2. The number of likely N-dealkylation sites (N-methyl/N-ethyl adjacent to an activating group) is 1. The molecule has 1 unspecified atom stereocenters. The quantitative estimate of drug-likeness (QED) is 0.722. The van der Waals surface area contributed by atoms with Gasteiger partial charge in [0, 0.05) is 36.6 Å². The largest absolute Gasteiger partial charge is 0.387 e. The Morgan fingerprint density at radius 1 is 1.15 bits per heavy atom. The smallest absolute Gasteiger partial charge is 0.253 e. The van der Waals surface area contributed by atoms with E-state index in [1.807, 2.05) is 54.7 Å². The topological polar surface area (TPSA) is 58.4 Å². The zero-order valence-electron chi connectivity index (χ0n) is 15.9. The fraction of sp³-hybridized carbons (Fsp3) is 0.273. The molecule has 2 aromatic carbocycles. The number of hydrogen-bond acceptors (Lipinski definition) is 3. The lowest BCUT2D eigenvalue weighted by molar-refractivity contribution is 0.0681. The summed E-state index contributed by atoms with van der Waals surface area (Å²) in [5.41, 5.74) is 2.27. The second-order valence-electron chi connectivity index (χ2n) is 6.94. The summed E-state index contributed by atoms with van der Waals surface area (Å²) in [4.78, 5) is 18.8. The lowest BCUT2D eigenvalue weighted by atomic mass is 10.1. The van der Waals surface area contributed by atoms with Crippen molar-refractivity contribution in [2.24, 2.45) is 0 Å². The minimum atomic E-state index is -0.719. The molecule has 0 spiro atoms. The Bertz CT molecular complexity index is 903. The van der Waals surface area contributed by atoms with E-state index in [4.69, 9.17) is 0 Å². The lowest BCUT2D eigenvalue weighted by Crippen LogP contribution is -2.31. The third-order valence-corrected chi connectivity index (χ3v) is 4.57. The van der Waals surface area contributed by atoms with Crippen molar-refractivity contribution in [2.45, 2.75) is 26.0 Å². The second kappa shape index (κ2) is 8.18. The number of carbonyl (C=O) groups is 1. The van der Waals surface area contributed by atoms with Crippen LogP contribution in [0.1, 0.15) is 41.9 Å². The third kappa shape index (κ3) is 4.26. The number of nitrogens with zero attached hydrogens (tertiary/aromatic N) is 3. The molecule has 1 heterocycles. The van der Waals surface area contributed by atoms with Gasteiger partial charge in [-0.2, -0.15) is 0 Å². The molecule has 0 radical (unpaired) electrons. The Hall–Kier alpha value is -2.92. The highest BCUT2D eigenvalue weighted by atomic mass is 16.3. The van der Waals surface area contributed by atoms with Gasteiger partial charge >= 0.3 is 0 Å². The summed E-state index contributed by atoms with van der Waals surface area (Å²) >= 11 is 0. The normalized spacial score (nSPS) is 12.2. The monoisotopic (exact) mass is 363 g/mol. The van der Waals surface area contributed by atoms with Gasteiger partial charge in [-0.25, -0.2) is 4.98 Å². The number of imidazole rings is 1. The maximum Gasteiger partial charge on any atom is 0.253 e. The van der Waals surface area contributed by atoms with Crippen molar-refractivity contribution >= 4 is 5.91 Å². The number of carbonyl (C=O) groups excluding carboxylic acids is 1. The number of aliphatic hydroxyl groups excluding tert-OH is 1. The van der Waals surface area contributed by atoms with E-state index in [1.165, 1.54) is 0 Å². The summed E-state index contributed by atoms with van der Waals surface area (Å²) < 4.78 is 2.08.